The number of hydrogen-bond donors (Lipinski definition) is 0. The zero-order valence-corrected chi connectivity index (χ0v) is 11.5. The standard InChI is InChI=1S/C16H16N4/c1-19-10-13-7-12(8-17)3-4-14(13)16(19)5-2-6-20-11-18-9-15(16)20/h3-4,7,9,11H,2,5-6,10H2,1H3. The van der Waals surface area contributed by atoms with E-state index in [4.69, 9.17) is 5.26 Å². The van der Waals surface area contributed by atoms with Gasteiger partial charge in [-0.05, 0) is 43.1 Å². The molecule has 2 aliphatic rings. The van der Waals surface area contributed by atoms with Gasteiger partial charge in [0, 0.05) is 13.1 Å². The van der Waals surface area contributed by atoms with Crippen molar-refractivity contribution < 1.29 is 0 Å². The molecule has 0 bridgehead atoms. The lowest BCUT2D eigenvalue weighted by Crippen LogP contribution is -2.43. The Morgan fingerprint density at radius 1 is 1.40 bits per heavy atom. The van der Waals surface area contributed by atoms with E-state index in [9.17, 15) is 0 Å². The molecule has 0 saturated heterocycles. The predicted molar refractivity (Wildman–Crippen MR) is 74.9 cm³/mol. The van der Waals surface area contributed by atoms with Crippen LogP contribution < -0.4 is 0 Å². The lowest BCUT2D eigenvalue weighted by molar-refractivity contribution is 0.138. The van der Waals surface area contributed by atoms with E-state index in [1.807, 2.05) is 24.7 Å². The number of aromatic nitrogens is 2. The quantitative estimate of drug-likeness (QED) is 0.733. The van der Waals surface area contributed by atoms with Gasteiger partial charge in [0.25, 0.3) is 0 Å². The first-order valence-electron chi connectivity index (χ1n) is 7.01. The van der Waals surface area contributed by atoms with E-state index in [1.54, 1.807) is 0 Å². The Balaban J connectivity index is 1.96. The monoisotopic (exact) mass is 264 g/mol. The molecule has 100 valence electrons. The molecule has 0 fully saturated rings. The predicted octanol–water partition coefficient (Wildman–Crippen LogP) is 2.24. The number of hydrogen-bond acceptors (Lipinski definition) is 3. The van der Waals surface area contributed by atoms with Crippen LogP contribution in [0.3, 0.4) is 0 Å². The summed E-state index contributed by atoms with van der Waals surface area (Å²) < 4.78 is 2.27. The first-order valence-corrected chi connectivity index (χ1v) is 7.01. The third kappa shape index (κ3) is 1.31. The highest BCUT2D eigenvalue weighted by Crippen LogP contribution is 2.48. The van der Waals surface area contributed by atoms with E-state index < -0.39 is 0 Å². The second-order valence-corrected chi connectivity index (χ2v) is 5.78. The number of benzene rings is 1. The zero-order chi connectivity index (χ0) is 13.7. The van der Waals surface area contributed by atoms with Crippen molar-refractivity contribution in [2.45, 2.75) is 31.5 Å². The van der Waals surface area contributed by atoms with Crippen molar-refractivity contribution in [3.05, 3.63) is 53.1 Å². The summed E-state index contributed by atoms with van der Waals surface area (Å²) in [6.07, 6.45) is 6.22. The van der Waals surface area contributed by atoms with Crippen molar-refractivity contribution in [2.24, 2.45) is 0 Å². The molecule has 0 radical (unpaired) electrons. The summed E-state index contributed by atoms with van der Waals surface area (Å²) in [5.74, 6) is 0. The highest BCUT2D eigenvalue weighted by Gasteiger charge is 2.47. The average Bonchev–Trinajstić information content (AvgIpc) is 3.04. The Hall–Kier alpha value is -2.12. The Morgan fingerprint density at radius 2 is 2.30 bits per heavy atom. The van der Waals surface area contributed by atoms with Crippen molar-refractivity contribution in [3.8, 4) is 6.07 Å². The molecule has 3 heterocycles. The van der Waals surface area contributed by atoms with Crippen LogP contribution in [0.15, 0.2) is 30.7 Å². The molecular weight excluding hydrogens is 248 g/mol. The van der Waals surface area contributed by atoms with Gasteiger partial charge in [-0.1, -0.05) is 6.07 Å². The van der Waals surface area contributed by atoms with Gasteiger partial charge in [0.1, 0.15) is 0 Å². The van der Waals surface area contributed by atoms with Crippen LogP contribution in [0.5, 0.6) is 0 Å². The van der Waals surface area contributed by atoms with Crippen molar-refractivity contribution >= 4 is 0 Å². The summed E-state index contributed by atoms with van der Waals surface area (Å²) in [6, 6.07) is 8.36. The fourth-order valence-corrected chi connectivity index (χ4v) is 3.93. The van der Waals surface area contributed by atoms with Crippen LogP contribution >= 0.6 is 0 Å². The molecule has 0 saturated carbocycles. The highest BCUT2D eigenvalue weighted by atomic mass is 15.2. The molecule has 1 atom stereocenters. The van der Waals surface area contributed by atoms with E-state index in [0.717, 1.165) is 31.5 Å². The van der Waals surface area contributed by atoms with Gasteiger partial charge < -0.3 is 4.57 Å². The van der Waals surface area contributed by atoms with Crippen LogP contribution in [-0.2, 0) is 18.6 Å². The molecule has 4 rings (SSSR count). The number of imidazole rings is 1. The second-order valence-electron chi connectivity index (χ2n) is 5.78. The molecule has 2 aliphatic heterocycles. The first-order chi connectivity index (χ1) is 9.75. The molecule has 2 aromatic rings. The van der Waals surface area contributed by atoms with Crippen molar-refractivity contribution in [2.75, 3.05) is 7.05 Å². The van der Waals surface area contributed by atoms with E-state index >= 15 is 0 Å². The van der Waals surface area contributed by atoms with Gasteiger partial charge in [-0.2, -0.15) is 5.26 Å². The average molecular weight is 264 g/mol. The van der Waals surface area contributed by atoms with E-state index in [-0.39, 0.29) is 5.54 Å². The van der Waals surface area contributed by atoms with Gasteiger partial charge in [0.2, 0.25) is 0 Å². The summed E-state index contributed by atoms with van der Waals surface area (Å²) in [4.78, 5) is 6.76. The molecule has 1 aromatic carbocycles. The van der Waals surface area contributed by atoms with E-state index in [0.29, 0.717) is 0 Å². The van der Waals surface area contributed by atoms with Crippen LogP contribution in [0.2, 0.25) is 0 Å². The maximum absolute atomic E-state index is 9.08. The topological polar surface area (TPSA) is 44.9 Å². The second kappa shape index (κ2) is 3.94. The Labute approximate surface area is 118 Å². The maximum Gasteiger partial charge on any atom is 0.0991 e. The van der Waals surface area contributed by atoms with E-state index in [1.165, 1.54) is 16.8 Å². The third-order valence-electron chi connectivity index (χ3n) is 4.81. The van der Waals surface area contributed by atoms with Gasteiger partial charge in [-0.15, -0.1) is 0 Å². The summed E-state index contributed by atoms with van der Waals surface area (Å²) in [6.45, 7) is 1.95. The van der Waals surface area contributed by atoms with Crippen LogP contribution in [-0.4, -0.2) is 21.5 Å². The summed E-state index contributed by atoms with van der Waals surface area (Å²) in [7, 11) is 2.18. The molecular formula is C16H16N4. The lowest BCUT2D eigenvalue weighted by Gasteiger charge is -2.40. The van der Waals surface area contributed by atoms with E-state index in [2.05, 4.69) is 33.6 Å². The molecule has 1 spiro atoms. The summed E-state index contributed by atoms with van der Waals surface area (Å²) >= 11 is 0. The Kier molecular flexibility index (Phi) is 2.30. The van der Waals surface area contributed by atoms with Crippen LogP contribution in [0.25, 0.3) is 0 Å². The van der Waals surface area contributed by atoms with Gasteiger partial charge in [0.05, 0.1) is 35.4 Å². The molecule has 0 N–H and O–H groups in total. The van der Waals surface area contributed by atoms with Crippen LogP contribution in [0.1, 0.15) is 35.2 Å². The molecule has 4 heteroatoms. The molecule has 20 heavy (non-hydrogen) atoms. The largest absolute Gasteiger partial charge is 0.333 e. The fraction of sp³-hybridized carbons (Fsp3) is 0.375. The third-order valence-corrected chi connectivity index (χ3v) is 4.81. The maximum atomic E-state index is 9.08. The van der Waals surface area contributed by atoms with Gasteiger partial charge >= 0.3 is 0 Å². The van der Waals surface area contributed by atoms with Crippen molar-refractivity contribution in [3.63, 3.8) is 0 Å². The Bertz CT molecular complexity index is 724. The number of fused-ring (bicyclic) bond motifs is 4. The zero-order valence-electron chi connectivity index (χ0n) is 11.5. The minimum absolute atomic E-state index is 0.0575. The SMILES string of the molecule is CN1Cc2cc(C#N)ccc2C12CCCn1cncc12. The van der Waals surface area contributed by atoms with Crippen LogP contribution in [0, 0.1) is 11.3 Å². The van der Waals surface area contributed by atoms with Gasteiger partial charge in [-0.3, -0.25) is 4.90 Å². The van der Waals surface area contributed by atoms with Crippen LogP contribution in [0.4, 0.5) is 0 Å². The van der Waals surface area contributed by atoms with Crippen molar-refractivity contribution in [1.82, 2.24) is 14.5 Å². The lowest BCUT2D eigenvalue weighted by atomic mass is 9.80. The summed E-state index contributed by atoms with van der Waals surface area (Å²) in [5, 5.41) is 9.08. The summed E-state index contributed by atoms with van der Waals surface area (Å²) in [5.41, 5.74) is 4.60. The fourth-order valence-electron chi connectivity index (χ4n) is 3.93. The molecule has 1 aromatic heterocycles. The molecule has 1 unspecified atom stereocenters. The first kappa shape index (κ1) is 11.7. The molecule has 4 nitrogen and oxygen atoms in total. The number of nitrogens with zero attached hydrogens (tertiary/aromatic N) is 4. The van der Waals surface area contributed by atoms with Gasteiger partial charge in [-0.25, -0.2) is 4.98 Å². The molecule has 0 aliphatic carbocycles. The minimum Gasteiger partial charge on any atom is -0.333 e. The number of nitriles is 1. The normalized spacial score (nSPS) is 24.4. The van der Waals surface area contributed by atoms with Gasteiger partial charge in [0.15, 0.2) is 0 Å². The van der Waals surface area contributed by atoms with Crippen molar-refractivity contribution in [1.29, 1.82) is 5.26 Å². The number of aryl methyl sites for hydroxylation is 1. The smallest absolute Gasteiger partial charge is 0.0991 e. The highest BCUT2D eigenvalue weighted by molar-refractivity contribution is 5.49. The number of rotatable bonds is 0. The Morgan fingerprint density at radius 3 is 3.15 bits per heavy atom. The molecule has 0 amide bonds. The minimum atomic E-state index is -0.0575.